The van der Waals surface area contributed by atoms with E-state index in [4.69, 9.17) is 16.3 Å². The number of nitrogens with one attached hydrogen (secondary N) is 2. The topological polar surface area (TPSA) is 76.9 Å². The zero-order valence-corrected chi connectivity index (χ0v) is 14.2. The highest BCUT2D eigenvalue weighted by Crippen LogP contribution is 2.17. The van der Waals surface area contributed by atoms with Gasteiger partial charge in [-0.1, -0.05) is 11.6 Å². The first-order valence-corrected chi connectivity index (χ1v) is 9.91. The van der Waals surface area contributed by atoms with Crippen LogP contribution in [0.2, 0.25) is 5.02 Å². The third-order valence-corrected chi connectivity index (χ3v) is 6.38. The Morgan fingerprint density at radius 3 is 2.48 bits per heavy atom. The summed E-state index contributed by atoms with van der Waals surface area (Å²) in [6.07, 6.45) is 0.976. The van der Waals surface area contributed by atoms with Crippen LogP contribution in [-0.4, -0.2) is 51.3 Å². The fraction of sp³-hybridized carbons (Fsp3) is 0.533. The zero-order chi connectivity index (χ0) is 16.4. The van der Waals surface area contributed by atoms with Crippen molar-refractivity contribution >= 4 is 33.2 Å². The molecule has 2 heterocycles. The monoisotopic (exact) mass is 359 g/mol. The van der Waals surface area contributed by atoms with E-state index >= 15 is 0 Å². The first kappa shape index (κ1) is 16.5. The maximum Gasteiger partial charge on any atom is 0.412 e. The van der Waals surface area contributed by atoms with Crippen LogP contribution in [-0.2, 0) is 14.6 Å². The van der Waals surface area contributed by atoms with Gasteiger partial charge in [-0.15, -0.1) is 0 Å². The van der Waals surface area contributed by atoms with E-state index in [-0.39, 0.29) is 17.5 Å². The molecule has 0 spiro atoms. The molecule has 6 nitrogen and oxygen atoms in total. The van der Waals surface area contributed by atoms with Gasteiger partial charge in [0.25, 0.3) is 0 Å². The number of benzene rings is 1. The average molecular weight is 360 g/mol. The summed E-state index contributed by atoms with van der Waals surface area (Å²) >= 11 is 5.80. The molecule has 0 bridgehead atoms. The molecular formula is C15H20ClN2O4S+. The van der Waals surface area contributed by atoms with Gasteiger partial charge in [0.05, 0.1) is 18.8 Å². The molecule has 23 heavy (non-hydrogen) atoms. The van der Waals surface area contributed by atoms with Crippen LogP contribution >= 0.6 is 11.6 Å². The molecule has 0 unspecified atom stereocenters. The van der Waals surface area contributed by atoms with Crippen molar-refractivity contribution in [2.45, 2.75) is 25.0 Å². The summed E-state index contributed by atoms with van der Waals surface area (Å²) in [5.41, 5.74) is 0.560. The SMILES string of the molecule is O=C(Nc1ccc(Cl)cc1)O[C@@H]1CS(=O)(=O)C[C@@H]1[NH+]1CCCC1. The van der Waals surface area contributed by atoms with Crippen LogP contribution in [0.15, 0.2) is 24.3 Å². The lowest BCUT2D eigenvalue weighted by atomic mass is 10.2. The first-order chi connectivity index (χ1) is 10.9. The number of rotatable bonds is 3. The van der Waals surface area contributed by atoms with E-state index in [0.29, 0.717) is 10.7 Å². The van der Waals surface area contributed by atoms with Crippen molar-refractivity contribution in [1.82, 2.24) is 0 Å². The number of carbonyl (C=O) groups excluding carboxylic acids is 1. The zero-order valence-electron chi connectivity index (χ0n) is 12.6. The van der Waals surface area contributed by atoms with Gasteiger partial charge in [-0.2, -0.15) is 0 Å². The number of ether oxygens (including phenoxy) is 1. The Kier molecular flexibility index (Phi) is 4.79. The highest BCUT2D eigenvalue weighted by Gasteiger charge is 2.47. The van der Waals surface area contributed by atoms with E-state index < -0.39 is 22.0 Å². The predicted octanol–water partition coefficient (Wildman–Crippen LogP) is 0.733. The molecule has 2 fully saturated rings. The number of halogens is 1. The van der Waals surface area contributed by atoms with Crippen molar-refractivity contribution in [3.05, 3.63) is 29.3 Å². The lowest BCUT2D eigenvalue weighted by Crippen LogP contribution is -3.15. The van der Waals surface area contributed by atoms with Gasteiger partial charge in [-0.05, 0) is 24.3 Å². The molecule has 8 heteroatoms. The van der Waals surface area contributed by atoms with E-state index in [1.165, 1.54) is 4.90 Å². The molecule has 126 valence electrons. The predicted molar refractivity (Wildman–Crippen MR) is 87.7 cm³/mol. The average Bonchev–Trinajstić information content (AvgIpc) is 3.09. The fourth-order valence-electron chi connectivity index (χ4n) is 3.33. The van der Waals surface area contributed by atoms with Crippen molar-refractivity contribution in [1.29, 1.82) is 0 Å². The van der Waals surface area contributed by atoms with Crippen LogP contribution in [0, 0.1) is 0 Å². The van der Waals surface area contributed by atoms with Crippen LogP contribution in [0.3, 0.4) is 0 Å². The molecule has 2 atom stereocenters. The Bertz CT molecular complexity index is 671. The number of carbonyl (C=O) groups is 1. The van der Waals surface area contributed by atoms with E-state index in [1.54, 1.807) is 24.3 Å². The van der Waals surface area contributed by atoms with Gasteiger partial charge in [0.15, 0.2) is 15.9 Å². The lowest BCUT2D eigenvalue weighted by Gasteiger charge is -2.24. The highest BCUT2D eigenvalue weighted by atomic mass is 35.5. The second-order valence-corrected chi connectivity index (χ2v) is 8.71. The highest BCUT2D eigenvalue weighted by molar-refractivity contribution is 7.91. The van der Waals surface area contributed by atoms with Crippen molar-refractivity contribution < 1.29 is 22.8 Å². The summed E-state index contributed by atoms with van der Waals surface area (Å²) in [5, 5.41) is 3.18. The molecule has 1 aromatic rings. The first-order valence-electron chi connectivity index (χ1n) is 7.71. The molecule has 2 N–H and O–H groups in total. The van der Waals surface area contributed by atoms with E-state index in [9.17, 15) is 13.2 Å². The third kappa shape index (κ3) is 4.16. The summed E-state index contributed by atoms with van der Waals surface area (Å²) < 4.78 is 29.3. The molecule has 2 saturated heterocycles. The summed E-state index contributed by atoms with van der Waals surface area (Å²) in [7, 11) is -3.15. The number of sulfone groups is 1. The second kappa shape index (κ2) is 6.67. The Morgan fingerprint density at radius 2 is 1.83 bits per heavy atom. The van der Waals surface area contributed by atoms with Gasteiger partial charge in [-0.25, -0.2) is 13.2 Å². The van der Waals surface area contributed by atoms with Crippen LogP contribution in [0.4, 0.5) is 10.5 Å². The lowest BCUT2D eigenvalue weighted by molar-refractivity contribution is -0.913. The van der Waals surface area contributed by atoms with E-state index in [2.05, 4.69) is 5.32 Å². The smallest absolute Gasteiger partial charge is 0.412 e. The number of hydrogen-bond acceptors (Lipinski definition) is 4. The van der Waals surface area contributed by atoms with Gasteiger partial charge in [0, 0.05) is 23.6 Å². The van der Waals surface area contributed by atoms with Crippen molar-refractivity contribution in [2.75, 3.05) is 29.9 Å². The standard InChI is InChI=1S/C15H19ClN2O4S/c16-11-3-5-12(6-4-11)17-15(19)22-14-10-23(20,21)9-13(14)18-7-1-2-8-18/h3-6,13-14H,1-2,7-10H2,(H,17,19)/p+1/t13-,14+/m0/s1. The molecule has 1 amide bonds. The van der Waals surface area contributed by atoms with Gasteiger partial charge < -0.3 is 9.64 Å². The molecule has 3 rings (SSSR count). The van der Waals surface area contributed by atoms with Crippen molar-refractivity contribution in [3.63, 3.8) is 0 Å². The molecule has 2 aliphatic rings. The minimum absolute atomic E-state index is 0.0881. The quantitative estimate of drug-likeness (QED) is 0.834. The fourth-order valence-corrected chi connectivity index (χ4v) is 5.39. The molecule has 0 aliphatic carbocycles. The van der Waals surface area contributed by atoms with E-state index in [1.807, 2.05) is 0 Å². The van der Waals surface area contributed by atoms with E-state index in [0.717, 1.165) is 25.9 Å². The van der Waals surface area contributed by atoms with Gasteiger partial charge in [0.1, 0.15) is 11.8 Å². The van der Waals surface area contributed by atoms with Crippen molar-refractivity contribution in [3.8, 4) is 0 Å². The number of quaternary nitrogens is 1. The maximum atomic E-state index is 12.1. The Labute approximate surface area is 140 Å². The van der Waals surface area contributed by atoms with Crippen LogP contribution < -0.4 is 10.2 Å². The minimum atomic E-state index is -3.15. The minimum Gasteiger partial charge on any atom is -0.439 e. The second-order valence-electron chi connectivity index (χ2n) is 6.12. The maximum absolute atomic E-state index is 12.1. The van der Waals surface area contributed by atoms with Crippen LogP contribution in [0.5, 0.6) is 0 Å². The molecular weight excluding hydrogens is 340 g/mol. The van der Waals surface area contributed by atoms with Gasteiger partial charge in [0.2, 0.25) is 0 Å². The summed E-state index contributed by atoms with van der Waals surface area (Å²) in [6.45, 7) is 1.89. The largest absolute Gasteiger partial charge is 0.439 e. The Hall–Kier alpha value is -1.31. The molecule has 0 aromatic heterocycles. The van der Waals surface area contributed by atoms with Crippen LogP contribution in [0.25, 0.3) is 0 Å². The van der Waals surface area contributed by atoms with Crippen LogP contribution in [0.1, 0.15) is 12.8 Å². The number of anilines is 1. The number of amides is 1. The number of likely N-dealkylation sites (tertiary alicyclic amines) is 1. The Balaban J connectivity index is 1.64. The van der Waals surface area contributed by atoms with Crippen molar-refractivity contribution in [2.24, 2.45) is 0 Å². The van der Waals surface area contributed by atoms with Gasteiger partial charge >= 0.3 is 6.09 Å². The summed E-state index contributed by atoms with van der Waals surface area (Å²) in [6, 6.07) is 6.50. The number of hydrogen-bond donors (Lipinski definition) is 2. The molecule has 0 radical (unpaired) electrons. The summed E-state index contributed by atoms with van der Waals surface area (Å²) in [4.78, 5) is 13.3. The molecule has 1 aromatic carbocycles. The molecule has 0 saturated carbocycles. The normalized spacial score (nSPS) is 27.0. The van der Waals surface area contributed by atoms with Gasteiger partial charge in [-0.3, -0.25) is 5.32 Å². The third-order valence-electron chi connectivity index (χ3n) is 4.42. The Morgan fingerprint density at radius 1 is 1.17 bits per heavy atom. The molecule has 2 aliphatic heterocycles. The summed E-state index contributed by atoms with van der Waals surface area (Å²) in [5.74, 6) is 0.0103.